The Balaban J connectivity index is 1.60. The smallest absolute Gasteiger partial charge is 0.312 e. The summed E-state index contributed by atoms with van der Waals surface area (Å²) < 4.78 is 10.9. The van der Waals surface area contributed by atoms with E-state index in [0.29, 0.717) is 32.7 Å². The van der Waals surface area contributed by atoms with Crippen LogP contribution in [0.1, 0.15) is 33.6 Å². The first kappa shape index (κ1) is 13.9. The molecule has 0 aromatic carbocycles. The molecular weight excluding hydrogens is 258 g/mol. The number of carbonyl (C=O) groups is 2. The molecule has 0 aromatic heterocycles. The normalized spacial score (nSPS) is 32.9. The highest BCUT2D eigenvalue weighted by atomic mass is 16.5. The lowest BCUT2D eigenvalue weighted by Crippen LogP contribution is -2.67. The predicted molar refractivity (Wildman–Crippen MR) is 71.9 cm³/mol. The third kappa shape index (κ3) is 2.03. The second kappa shape index (κ2) is 4.45. The highest BCUT2D eigenvalue weighted by molar-refractivity contribution is 5.84. The van der Waals surface area contributed by atoms with E-state index in [1.54, 1.807) is 0 Å². The van der Waals surface area contributed by atoms with Gasteiger partial charge < -0.3 is 14.4 Å². The van der Waals surface area contributed by atoms with Crippen LogP contribution in [0.25, 0.3) is 0 Å². The number of nitrogens with zero attached hydrogens (tertiary/aromatic N) is 1. The van der Waals surface area contributed by atoms with Crippen molar-refractivity contribution in [3.63, 3.8) is 0 Å². The molecule has 0 radical (unpaired) electrons. The van der Waals surface area contributed by atoms with Crippen LogP contribution >= 0.6 is 0 Å². The fourth-order valence-corrected chi connectivity index (χ4v) is 3.50. The number of rotatable bonds is 3. The van der Waals surface area contributed by atoms with Crippen LogP contribution in [0.5, 0.6) is 0 Å². The van der Waals surface area contributed by atoms with E-state index in [9.17, 15) is 9.59 Å². The fourth-order valence-electron chi connectivity index (χ4n) is 3.50. The van der Waals surface area contributed by atoms with Crippen LogP contribution in [0, 0.1) is 17.3 Å². The molecule has 1 unspecified atom stereocenters. The third-order valence-electron chi connectivity index (χ3n) is 5.04. The molecule has 2 saturated heterocycles. The molecule has 1 spiro atoms. The first-order valence-corrected chi connectivity index (χ1v) is 7.49. The summed E-state index contributed by atoms with van der Waals surface area (Å²) in [6, 6.07) is 0. The van der Waals surface area contributed by atoms with Gasteiger partial charge in [0.05, 0.1) is 25.6 Å². The Bertz CT molecular complexity index is 439. The quantitative estimate of drug-likeness (QED) is 0.730. The Morgan fingerprint density at radius 2 is 1.95 bits per heavy atom. The Labute approximate surface area is 119 Å². The Morgan fingerprint density at radius 3 is 2.50 bits per heavy atom. The minimum absolute atomic E-state index is 0.150. The third-order valence-corrected chi connectivity index (χ3v) is 5.04. The van der Waals surface area contributed by atoms with Crippen LogP contribution in [0.2, 0.25) is 0 Å². The lowest BCUT2D eigenvalue weighted by molar-refractivity contribution is -0.179. The number of hydrogen-bond donors (Lipinski definition) is 0. The van der Waals surface area contributed by atoms with E-state index in [0.717, 1.165) is 6.42 Å². The molecule has 0 N–H and O–H groups in total. The molecular formula is C15H23NO4. The minimum atomic E-state index is -0.471. The van der Waals surface area contributed by atoms with Crippen molar-refractivity contribution in [1.82, 2.24) is 4.90 Å². The molecule has 0 bridgehead atoms. The van der Waals surface area contributed by atoms with Gasteiger partial charge in [0.2, 0.25) is 5.91 Å². The van der Waals surface area contributed by atoms with Crippen molar-refractivity contribution in [2.24, 2.45) is 17.3 Å². The van der Waals surface area contributed by atoms with E-state index in [-0.39, 0.29) is 29.1 Å². The van der Waals surface area contributed by atoms with Crippen molar-refractivity contribution < 1.29 is 19.1 Å². The van der Waals surface area contributed by atoms with Gasteiger partial charge in [-0.2, -0.15) is 0 Å². The molecule has 5 heteroatoms. The summed E-state index contributed by atoms with van der Waals surface area (Å²) in [5.74, 6) is -0.0106. The topological polar surface area (TPSA) is 55.8 Å². The van der Waals surface area contributed by atoms with Gasteiger partial charge in [0.15, 0.2) is 0 Å². The van der Waals surface area contributed by atoms with E-state index in [4.69, 9.17) is 9.47 Å². The van der Waals surface area contributed by atoms with Crippen LogP contribution < -0.4 is 0 Å². The van der Waals surface area contributed by atoms with Gasteiger partial charge in [-0.3, -0.25) is 9.59 Å². The number of likely N-dealkylation sites (tertiary alicyclic amines) is 1. The number of hydrogen-bond acceptors (Lipinski definition) is 4. The molecule has 0 aromatic rings. The molecule has 20 heavy (non-hydrogen) atoms. The Morgan fingerprint density at radius 1 is 1.30 bits per heavy atom. The van der Waals surface area contributed by atoms with Gasteiger partial charge in [-0.15, -0.1) is 0 Å². The zero-order chi connectivity index (χ0) is 14.5. The monoisotopic (exact) mass is 281 g/mol. The summed E-state index contributed by atoms with van der Waals surface area (Å²) in [7, 11) is 0. The maximum atomic E-state index is 12.3. The first-order chi connectivity index (χ1) is 9.39. The zero-order valence-electron chi connectivity index (χ0n) is 12.5. The number of carbonyl (C=O) groups excluding carboxylic acids is 2. The molecule has 1 saturated carbocycles. The van der Waals surface area contributed by atoms with Crippen LogP contribution in [-0.4, -0.2) is 48.7 Å². The SMILES string of the molecule is CCOC(=O)C1CCOC12CN(C(=O)[C@H]1CC1(C)C)C2. The van der Waals surface area contributed by atoms with Crippen molar-refractivity contribution in [2.45, 2.75) is 39.2 Å². The van der Waals surface area contributed by atoms with Gasteiger partial charge in [-0.25, -0.2) is 0 Å². The van der Waals surface area contributed by atoms with Gasteiger partial charge in [0.1, 0.15) is 5.60 Å². The largest absolute Gasteiger partial charge is 0.466 e. The van der Waals surface area contributed by atoms with Crippen molar-refractivity contribution in [1.29, 1.82) is 0 Å². The van der Waals surface area contributed by atoms with Crippen LogP contribution in [0.3, 0.4) is 0 Å². The molecule has 3 rings (SSSR count). The second-order valence-electron chi connectivity index (χ2n) is 6.95. The van der Waals surface area contributed by atoms with Gasteiger partial charge in [0, 0.05) is 12.5 Å². The van der Waals surface area contributed by atoms with Crippen molar-refractivity contribution in [3.8, 4) is 0 Å². The number of amides is 1. The molecule has 2 aliphatic heterocycles. The molecule has 3 aliphatic rings. The van der Waals surface area contributed by atoms with E-state index in [1.165, 1.54) is 0 Å². The second-order valence-corrected chi connectivity index (χ2v) is 6.95. The average molecular weight is 281 g/mol. The van der Waals surface area contributed by atoms with Crippen molar-refractivity contribution in [3.05, 3.63) is 0 Å². The molecule has 112 valence electrons. The minimum Gasteiger partial charge on any atom is -0.466 e. The van der Waals surface area contributed by atoms with Gasteiger partial charge in [-0.1, -0.05) is 13.8 Å². The van der Waals surface area contributed by atoms with E-state index in [1.807, 2.05) is 11.8 Å². The number of esters is 1. The number of ether oxygens (including phenoxy) is 2. The highest BCUT2D eigenvalue weighted by Crippen LogP contribution is 2.54. The summed E-state index contributed by atoms with van der Waals surface area (Å²) in [6.45, 7) is 8.12. The van der Waals surface area contributed by atoms with Crippen LogP contribution in [-0.2, 0) is 19.1 Å². The predicted octanol–water partition coefficient (Wildman–Crippen LogP) is 1.21. The van der Waals surface area contributed by atoms with Gasteiger partial charge >= 0.3 is 5.97 Å². The standard InChI is InChI=1S/C15H23NO4/c1-4-19-13(18)10-5-6-20-15(10)8-16(9-15)12(17)11-7-14(11,2)3/h10-11H,4-9H2,1-3H3/t10?,11-/m1/s1. The maximum Gasteiger partial charge on any atom is 0.312 e. The molecule has 2 heterocycles. The molecule has 1 aliphatic carbocycles. The van der Waals surface area contributed by atoms with Crippen LogP contribution in [0.15, 0.2) is 0 Å². The van der Waals surface area contributed by atoms with E-state index in [2.05, 4.69) is 13.8 Å². The summed E-state index contributed by atoms with van der Waals surface area (Å²) in [4.78, 5) is 26.1. The van der Waals surface area contributed by atoms with Crippen molar-refractivity contribution in [2.75, 3.05) is 26.3 Å². The molecule has 1 amide bonds. The van der Waals surface area contributed by atoms with Gasteiger partial charge in [-0.05, 0) is 25.2 Å². The first-order valence-electron chi connectivity index (χ1n) is 7.49. The zero-order valence-corrected chi connectivity index (χ0v) is 12.5. The summed E-state index contributed by atoms with van der Waals surface area (Å²) in [5, 5.41) is 0. The Hall–Kier alpha value is -1.10. The van der Waals surface area contributed by atoms with Crippen molar-refractivity contribution >= 4 is 11.9 Å². The summed E-state index contributed by atoms with van der Waals surface area (Å²) in [5.41, 5.74) is -0.322. The molecule has 2 atom stereocenters. The fraction of sp³-hybridized carbons (Fsp3) is 0.867. The van der Waals surface area contributed by atoms with Crippen LogP contribution in [0.4, 0.5) is 0 Å². The van der Waals surface area contributed by atoms with E-state index >= 15 is 0 Å². The molecule has 3 fully saturated rings. The Kier molecular flexibility index (Phi) is 3.08. The lowest BCUT2D eigenvalue weighted by Gasteiger charge is -2.49. The lowest BCUT2D eigenvalue weighted by atomic mass is 9.80. The maximum absolute atomic E-state index is 12.3. The summed E-state index contributed by atoms with van der Waals surface area (Å²) in [6.07, 6.45) is 1.67. The average Bonchev–Trinajstić information content (AvgIpc) is 2.81. The van der Waals surface area contributed by atoms with E-state index < -0.39 is 5.60 Å². The summed E-state index contributed by atoms with van der Waals surface area (Å²) >= 11 is 0. The van der Waals surface area contributed by atoms with Gasteiger partial charge in [0.25, 0.3) is 0 Å². The highest BCUT2D eigenvalue weighted by Gasteiger charge is 2.61. The molecule has 5 nitrogen and oxygen atoms in total.